The van der Waals surface area contributed by atoms with Gasteiger partial charge in [-0.25, -0.2) is 0 Å². The van der Waals surface area contributed by atoms with Crippen LogP contribution in [0.5, 0.6) is 0 Å². The maximum Gasteiger partial charge on any atom is 0.262 e. The fraction of sp³-hybridized carbons (Fsp3) is 0.667. The highest BCUT2D eigenvalue weighted by molar-refractivity contribution is 5.88. The van der Waals surface area contributed by atoms with E-state index in [1.807, 2.05) is 6.07 Å². The van der Waals surface area contributed by atoms with Crippen LogP contribution in [0.2, 0.25) is 0 Å². The molecule has 3 rings (SSSR count). The van der Waals surface area contributed by atoms with Crippen molar-refractivity contribution in [3.05, 3.63) is 12.3 Å². The van der Waals surface area contributed by atoms with Gasteiger partial charge in [-0.05, 0) is 0 Å². The Labute approximate surface area is 120 Å². The standard InChI is InChI=1S/C12H15N3O6/c1-19-9-8(18)6(4-16)21-12(9,5-13)15-3-2-7(17)14-10-11(15)20-10/h2-3,6,8-11,16,18H,4H2,1H3,(H,14,17)/t6-,8-,9-,10?,11?,12-/m1/s1. The van der Waals surface area contributed by atoms with Crippen molar-refractivity contribution in [2.75, 3.05) is 13.7 Å². The molecule has 0 aliphatic carbocycles. The summed E-state index contributed by atoms with van der Waals surface area (Å²) in [5, 5.41) is 31.6. The summed E-state index contributed by atoms with van der Waals surface area (Å²) in [6, 6.07) is 1.98. The molecule has 2 saturated heterocycles. The number of nitrogens with one attached hydrogen (secondary N) is 1. The molecular formula is C12H15N3O6. The number of fused-ring (bicyclic) bond motifs is 1. The monoisotopic (exact) mass is 297 g/mol. The van der Waals surface area contributed by atoms with E-state index in [4.69, 9.17) is 14.2 Å². The summed E-state index contributed by atoms with van der Waals surface area (Å²) in [5.74, 6) is -0.357. The number of rotatable bonds is 3. The second-order valence-electron chi connectivity index (χ2n) is 4.97. The number of hydrogen-bond acceptors (Lipinski definition) is 8. The van der Waals surface area contributed by atoms with Crippen LogP contribution < -0.4 is 5.32 Å². The SMILES string of the molecule is CO[C@@H]1[C@H](O)[C@@H](CO)O[C@@]1(C#N)N1C=CC(=O)NC2OC21. The first-order valence-corrected chi connectivity index (χ1v) is 6.40. The minimum absolute atomic E-state index is 0.357. The Balaban J connectivity index is 1.98. The average molecular weight is 297 g/mol. The molecule has 0 radical (unpaired) electrons. The van der Waals surface area contributed by atoms with Gasteiger partial charge in [-0.15, -0.1) is 0 Å². The van der Waals surface area contributed by atoms with Gasteiger partial charge in [0.2, 0.25) is 5.91 Å². The fourth-order valence-corrected chi connectivity index (χ4v) is 2.74. The van der Waals surface area contributed by atoms with Crippen LogP contribution in [-0.2, 0) is 19.0 Å². The predicted molar refractivity (Wildman–Crippen MR) is 64.9 cm³/mol. The zero-order valence-electron chi connectivity index (χ0n) is 11.2. The molecule has 0 bridgehead atoms. The Morgan fingerprint density at radius 3 is 3.05 bits per heavy atom. The van der Waals surface area contributed by atoms with Crippen molar-refractivity contribution in [2.24, 2.45) is 0 Å². The van der Waals surface area contributed by atoms with E-state index in [2.05, 4.69) is 5.32 Å². The number of methoxy groups -OCH3 is 1. The lowest BCUT2D eigenvalue weighted by Crippen LogP contribution is -2.56. The quantitative estimate of drug-likeness (QED) is 0.492. The fourth-order valence-electron chi connectivity index (χ4n) is 2.74. The van der Waals surface area contributed by atoms with Crippen LogP contribution in [0.25, 0.3) is 0 Å². The van der Waals surface area contributed by atoms with Gasteiger partial charge in [0.1, 0.15) is 24.4 Å². The number of aliphatic hydroxyl groups is 2. The van der Waals surface area contributed by atoms with Crippen LogP contribution >= 0.6 is 0 Å². The van der Waals surface area contributed by atoms with Crippen LogP contribution in [0, 0.1) is 11.3 Å². The molecule has 21 heavy (non-hydrogen) atoms. The number of epoxide rings is 1. The maximum absolute atomic E-state index is 11.5. The van der Waals surface area contributed by atoms with Gasteiger partial charge in [0, 0.05) is 19.4 Å². The Morgan fingerprint density at radius 1 is 1.67 bits per heavy atom. The molecule has 9 heteroatoms. The summed E-state index contributed by atoms with van der Waals surface area (Å²) in [4.78, 5) is 12.9. The van der Waals surface area contributed by atoms with Crippen LogP contribution in [0.3, 0.4) is 0 Å². The highest BCUT2D eigenvalue weighted by atomic mass is 16.7. The van der Waals surface area contributed by atoms with E-state index in [0.717, 1.165) is 0 Å². The van der Waals surface area contributed by atoms with Crippen molar-refractivity contribution in [3.8, 4) is 6.07 Å². The number of amides is 1. The van der Waals surface area contributed by atoms with Crippen molar-refractivity contribution < 1.29 is 29.2 Å². The third-order valence-electron chi connectivity index (χ3n) is 3.80. The molecule has 114 valence electrons. The van der Waals surface area contributed by atoms with E-state index in [1.54, 1.807) is 0 Å². The summed E-state index contributed by atoms with van der Waals surface area (Å²) in [7, 11) is 1.33. The van der Waals surface area contributed by atoms with E-state index in [9.17, 15) is 20.3 Å². The number of nitriles is 1. The summed E-state index contributed by atoms with van der Waals surface area (Å²) in [6.07, 6.45) is -1.71. The summed E-state index contributed by atoms with van der Waals surface area (Å²) < 4.78 is 16.1. The Hall–Kier alpha value is -1.70. The first-order chi connectivity index (χ1) is 10.1. The smallest absolute Gasteiger partial charge is 0.262 e. The molecule has 3 N–H and O–H groups in total. The number of ether oxygens (including phenoxy) is 3. The second kappa shape index (κ2) is 4.94. The molecule has 3 aliphatic rings. The highest BCUT2D eigenvalue weighted by Gasteiger charge is 2.64. The van der Waals surface area contributed by atoms with Gasteiger partial charge in [0.15, 0.2) is 12.5 Å². The first kappa shape index (κ1) is 14.2. The third kappa shape index (κ3) is 2.00. The molecule has 3 heterocycles. The first-order valence-electron chi connectivity index (χ1n) is 6.40. The minimum Gasteiger partial charge on any atom is -0.394 e. The van der Waals surface area contributed by atoms with Crippen molar-refractivity contribution >= 4 is 5.91 Å². The normalized spacial score (nSPS) is 44.8. The molecule has 1 amide bonds. The third-order valence-corrected chi connectivity index (χ3v) is 3.80. The number of carbonyl (C=O) groups excluding carboxylic acids is 1. The lowest BCUT2D eigenvalue weighted by Gasteiger charge is -2.36. The lowest BCUT2D eigenvalue weighted by atomic mass is 10.0. The number of aliphatic hydroxyl groups excluding tert-OH is 2. The van der Waals surface area contributed by atoms with Crippen LogP contribution in [0.1, 0.15) is 0 Å². The van der Waals surface area contributed by atoms with E-state index in [0.29, 0.717) is 0 Å². The van der Waals surface area contributed by atoms with Gasteiger partial charge in [-0.2, -0.15) is 5.26 Å². The van der Waals surface area contributed by atoms with Crippen molar-refractivity contribution in [1.29, 1.82) is 5.26 Å². The van der Waals surface area contributed by atoms with Crippen molar-refractivity contribution in [2.45, 2.75) is 36.5 Å². The van der Waals surface area contributed by atoms with Crippen LogP contribution in [0.4, 0.5) is 0 Å². The Kier molecular flexibility index (Phi) is 3.35. The van der Waals surface area contributed by atoms with Gasteiger partial charge < -0.3 is 34.6 Å². The molecule has 2 fully saturated rings. The molecule has 2 unspecified atom stereocenters. The molecule has 0 aromatic carbocycles. The van der Waals surface area contributed by atoms with Gasteiger partial charge in [-0.3, -0.25) is 4.79 Å². The van der Waals surface area contributed by atoms with E-state index < -0.39 is 43.1 Å². The number of carbonyl (C=O) groups is 1. The van der Waals surface area contributed by atoms with Gasteiger partial charge >= 0.3 is 0 Å². The van der Waals surface area contributed by atoms with E-state index >= 15 is 0 Å². The van der Waals surface area contributed by atoms with Gasteiger partial charge in [0.25, 0.3) is 5.72 Å². The largest absolute Gasteiger partial charge is 0.394 e. The lowest BCUT2D eigenvalue weighted by molar-refractivity contribution is -0.150. The summed E-state index contributed by atoms with van der Waals surface area (Å²) in [5.41, 5.74) is -1.69. The molecule has 0 aromatic heterocycles. The van der Waals surface area contributed by atoms with Gasteiger partial charge in [-0.1, -0.05) is 0 Å². The van der Waals surface area contributed by atoms with E-state index in [-0.39, 0.29) is 5.91 Å². The zero-order chi connectivity index (χ0) is 15.2. The van der Waals surface area contributed by atoms with Crippen LogP contribution in [-0.4, -0.2) is 71.2 Å². The highest BCUT2D eigenvalue weighted by Crippen LogP contribution is 2.41. The molecule has 0 saturated carbocycles. The van der Waals surface area contributed by atoms with Crippen molar-refractivity contribution in [3.63, 3.8) is 0 Å². The molecule has 9 nitrogen and oxygen atoms in total. The van der Waals surface area contributed by atoms with Crippen molar-refractivity contribution in [1.82, 2.24) is 10.2 Å². The van der Waals surface area contributed by atoms with E-state index in [1.165, 1.54) is 24.3 Å². The summed E-state index contributed by atoms with van der Waals surface area (Å²) >= 11 is 0. The molecule has 0 aromatic rings. The molecule has 6 atom stereocenters. The zero-order valence-corrected chi connectivity index (χ0v) is 11.2. The number of hydrogen-bond donors (Lipinski definition) is 3. The Bertz CT molecular complexity index is 520. The molecule has 3 aliphatic heterocycles. The maximum atomic E-state index is 11.5. The van der Waals surface area contributed by atoms with Crippen LogP contribution in [0.15, 0.2) is 12.3 Å². The number of nitrogens with zero attached hydrogens (tertiary/aromatic N) is 2. The average Bonchev–Trinajstić information content (AvgIpc) is 3.17. The van der Waals surface area contributed by atoms with Gasteiger partial charge in [0.05, 0.1) is 6.61 Å². The topological polar surface area (TPSA) is 128 Å². The second-order valence-corrected chi connectivity index (χ2v) is 4.97. The summed E-state index contributed by atoms with van der Waals surface area (Å²) in [6.45, 7) is -0.464. The Morgan fingerprint density at radius 2 is 2.43 bits per heavy atom. The molecular weight excluding hydrogens is 282 g/mol. The predicted octanol–water partition coefficient (Wildman–Crippen LogP) is -2.40. The minimum atomic E-state index is -1.69. The molecule has 0 spiro atoms.